The number of carbonyl (C=O) groups excluding carboxylic acids is 2. The quantitative estimate of drug-likeness (QED) is 0.0340. The van der Waals surface area contributed by atoms with Crippen molar-refractivity contribution >= 4 is 17.8 Å². The van der Waals surface area contributed by atoms with Gasteiger partial charge >= 0.3 is 11.9 Å². The zero-order valence-corrected chi connectivity index (χ0v) is 32.2. The van der Waals surface area contributed by atoms with E-state index in [-0.39, 0.29) is 18.0 Å². The molecule has 0 aromatic rings. The molecule has 0 saturated heterocycles. The number of rotatable bonds is 36. The van der Waals surface area contributed by atoms with Crippen molar-refractivity contribution in [2.75, 3.05) is 6.54 Å². The van der Waals surface area contributed by atoms with Crippen molar-refractivity contribution in [3.63, 3.8) is 0 Å². The second-order valence-corrected chi connectivity index (χ2v) is 13.7. The molecule has 0 aliphatic heterocycles. The van der Waals surface area contributed by atoms with E-state index < -0.39 is 12.0 Å². The van der Waals surface area contributed by atoms with Crippen molar-refractivity contribution in [3.05, 3.63) is 48.6 Å². The summed E-state index contributed by atoms with van der Waals surface area (Å²) in [7, 11) is 0. The van der Waals surface area contributed by atoms with Crippen molar-refractivity contribution in [1.82, 2.24) is 5.32 Å². The first-order chi connectivity index (χ1) is 24.4. The highest BCUT2D eigenvalue weighted by molar-refractivity contribution is 5.83. The van der Waals surface area contributed by atoms with Crippen LogP contribution in [0.3, 0.4) is 0 Å². The van der Waals surface area contributed by atoms with Crippen LogP contribution in [0.1, 0.15) is 187 Å². The molecule has 0 spiro atoms. The maximum absolute atomic E-state index is 12.7. The fraction of sp³-hybridized carbons (Fsp3) is 0.744. The Balaban J connectivity index is 4.39. The third-order valence-electron chi connectivity index (χ3n) is 8.85. The summed E-state index contributed by atoms with van der Waals surface area (Å²) in [6.45, 7) is 4.88. The lowest BCUT2D eigenvalue weighted by Gasteiger charge is -2.15. The number of nitrogens with one attached hydrogen (secondary N) is 1. The van der Waals surface area contributed by atoms with Crippen LogP contribution in [0.25, 0.3) is 0 Å². The molecule has 7 nitrogen and oxygen atoms in total. The Labute approximate surface area is 307 Å². The molecular weight excluding hydrogens is 624 g/mol. The van der Waals surface area contributed by atoms with Gasteiger partial charge in [-0.1, -0.05) is 127 Å². The standard InChI is InChI=1S/C43H76N2O5/c1-3-5-7-9-11-13-14-15-16-17-18-19-21-23-25-31-37-42(47)50-39(33-28-24-22-20-12-10-8-6-4-2)34-29-26-27-30-36-41(46)45-40(43(48)49)35-32-38-44/h13-14,16-17,20,22,28,33,39-40H,3-12,15,18-19,21,23-27,29-32,34-38,44H2,1-2H3,(H,45,46)(H,48,49)/b14-13-,17-16-,22-20-,33-28-. The Kier molecular flexibility index (Phi) is 35.6. The number of carboxylic acid groups (broad SMARTS) is 1. The van der Waals surface area contributed by atoms with E-state index in [1.54, 1.807) is 0 Å². The number of unbranched alkanes of at least 4 members (excludes halogenated alkanes) is 16. The van der Waals surface area contributed by atoms with E-state index in [9.17, 15) is 19.5 Å². The second-order valence-electron chi connectivity index (χ2n) is 13.7. The van der Waals surface area contributed by atoms with Gasteiger partial charge in [0.05, 0.1) is 0 Å². The van der Waals surface area contributed by atoms with Crippen LogP contribution in [-0.4, -0.2) is 41.6 Å². The minimum absolute atomic E-state index is 0.119. The number of carbonyl (C=O) groups is 3. The molecule has 0 aliphatic rings. The normalized spacial score (nSPS) is 13.2. The first-order valence-corrected chi connectivity index (χ1v) is 20.5. The summed E-state index contributed by atoms with van der Waals surface area (Å²) in [5.41, 5.74) is 5.48. The number of allylic oxidation sites excluding steroid dienone is 7. The molecule has 50 heavy (non-hydrogen) atoms. The smallest absolute Gasteiger partial charge is 0.326 e. The van der Waals surface area contributed by atoms with Gasteiger partial charge in [0.15, 0.2) is 0 Å². The van der Waals surface area contributed by atoms with Crippen LogP contribution in [-0.2, 0) is 19.1 Å². The topological polar surface area (TPSA) is 119 Å². The van der Waals surface area contributed by atoms with Crippen molar-refractivity contribution in [2.45, 2.75) is 199 Å². The maximum atomic E-state index is 12.7. The van der Waals surface area contributed by atoms with E-state index in [1.165, 1.54) is 70.6 Å². The SMILES string of the molecule is CCCCCC/C=C\C/C=C\CCCCCCCC(=O)OC(/C=C\C/C=C\CCCCCC)CCCCCCC(=O)NC(CCCN)C(=O)O. The molecule has 0 aromatic heterocycles. The zero-order chi connectivity index (χ0) is 36.8. The van der Waals surface area contributed by atoms with Gasteiger partial charge in [0.2, 0.25) is 5.91 Å². The third kappa shape index (κ3) is 33.8. The molecular formula is C43H76N2O5. The van der Waals surface area contributed by atoms with E-state index in [1.807, 2.05) is 6.08 Å². The predicted molar refractivity (Wildman–Crippen MR) is 211 cm³/mol. The van der Waals surface area contributed by atoms with Gasteiger partial charge in [-0.2, -0.15) is 0 Å². The number of amides is 1. The summed E-state index contributed by atoms with van der Waals surface area (Å²) >= 11 is 0. The number of hydrogen-bond acceptors (Lipinski definition) is 5. The third-order valence-corrected chi connectivity index (χ3v) is 8.85. The Morgan fingerprint density at radius 1 is 0.600 bits per heavy atom. The highest BCUT2D eigenvalue weighted by Gasteiger charge is 2.19. The van der Waals surface area contributed by atoms with Gasteiger partial charge in [-0.15, -0.1) is 0 Å². The molecule has 0 aliphatic carbocycles. The summed E-state index contributed by atoms with van der Waals surface area (Å²) < 4.78 is 5.90. The van der Waals surface area contributed by atoms with Gasteiger partial charge in [-0.05, 0) is 103 Å². The average molecular weight is 701 g/mol. The second kappa shape index (κ2) is 37.6. The largest absolute Gasteiger partial charge is 0.480 e. The Hall–Kier alpha value is -2.67. The lowest BCUT2D eigenvalue weighted by atomic mass is 10.1. The highest BCUT2D eigenvalue weighted by atomic mass is 16.5. The molecule has 7 heteroatoms. The Morgan fingerprint density at radius 3 is 1.66 bits per heavy atom. The van der Waals surface area contributed by atoms with Gasteiger partial charge in [-0.25, -0.2) is 4.79 Å². The molecule has 2 unspecified atom stereocenters. The lowest BCUT2D eigenvalue weighted by molar-refractivity contribution is -0.147. The van der Waals surface area contributed by atoms with Gasteiger partial charge in [0.25, 0.3) is 0 Å². The van der Waals surface area contributed by atoms with Crippen LogP contribution in [0, 0.1) is 0 Å². The van der Waals surface area contributed by atoms with Crippen molar-refractivity contribution in [3.8, 4) is 0 Å². The fourth-order valence-electron chi connectivity index (χ4n) is 5.72. The average Bonchev–Trinajstić information content (AvgIpc) is 3.10. The van der Waals surface area contributed by atoms with Crippen LogP contribution in [0.2, 0.25) is 0 Å². The number of esters is 1. The Morgan fingerprint density at radius 2 is 1.10 bits per heavy atom. The van der Waals surface area contributed by atoms with Gasteiger partial charge in [0.1, 0.15) is 12.1 Å². The number of aliphatic carboxylic acids is 1. The molecule has 0 heterocycles. The van der Waals surface area contributed by atoms with Crippen molar-refractivity contribution < 1.29 is 24.2 Å². The zero-order valence-electron chi connectivity index (χ0n) is 32.2. The van der Waals surface area contributed by atoms with Crippen molar-refractivity contribution in [2.24, 2.45) is 5.73 Å². The minimum Gasteiger partial charge on any atom is -0.480 e. The van der Waals surface area contributed by atoms with Crippen LogP contribution in [0.5, 0.6) is 0 Å². The summed E-state index contributed by atoms with van der Waals surface area (Å²) in [5.74, 6) is -1.37. The monoisotopic (exact) mass is 701 g/mol. The summed E-state index contributed by atoms with van der Waals surface area (Å²) in [4.78, 5) is 36.3. The van der Waals surface area contributed by atoms with Crippen LogP contribution in [0.4, 0.5) is 0 Å². The van der Waals surface area contributed by atoms with Crippen molar-refractivity contribution in [1.29, 1.82) is 0 Å². The van der Waals surface area contributed by atoms with E-state index in [0.717, 1.165) is 70.6 Å². The first-order valence-electron chi connectivity index (χ1n) is 20.5. The fourth-order valence-corrected chi connectivity index (χ4v) is 5.72. The molecule has 0 aromatic carbocycles. The Bertz CT molecular complexity index is 926. The first kappa shape index (κ1) is 47.3. The highest BCUT2D eigenvalue weighted by Crippen LogP contribution is 2.15. The number of ether oxygens (including phenoxy) is 1. The number of nitrogens with two attached hydrogens (primary N) is 1. The molecule has 0 bridgehead atoms. The summed E-state index contributed by atoms with van der Waals surface area (Å²) in [5, 5.41) is 11.9. The van der Waals surface area contributed by atoms with E-state index >= 15 is 0 Å². The van der Waals surface area contributed by atoms with E-state index in [2.05, 4.69) is 61.7 Å². The maximum Gasteiger partial charge on any atom is 0.326 e. The molecule has 4 N–H and O–H groups in total. The lowest BCUT2D eigenvalue weighted by Crippen LogP contribution is -2.40. The van der Waals surface area contributed by atoms with Crippen LogP contribution < -0.4 is 11.1 Å². The van der Waals surface area contributed by atoms with Gasteiger partial charge in [-0.3, -0.25) is 9.59 Å². The summed E-state index contributed by atoms with van der Waals surface area (Å²) in [6.07, 6.45) is 44.5. The van der Waals surface area contributed by atoms with Crippen LogP contribution >= 0.6 is 0 Å². The van der Waals surface area contributed by atoms with Crippen LogP contribution in [0.15, 0.2) is 48.6 Å². The molecule has 2 atom stereocenters. The molecule has 0 saturated carbocycles. The van der Waals surface area contributed by atoms with Gasteiger partial charge < -0.3 is 20.9 Å². The molecule has 0 radical (unpaired) electrons. The van der Waals surface area contributed by atoms with E-state index in [0.29, 0.717) is 38.6 Å². The number of hydrogen-bond donors (Lipinski definition) is 3. The molecule has 1 amide bonds. The molecule has 288 valence electrons. The minimum atomic E-state index is -1.02. The summed E-state index contributed by atoms with van der Waals surface area (Å²) in [6, 6.07) is -0.876. The molecule has 0 fully saturated rings. The predicted octanol–water partition coefficient (Wildman–Crippen LogP) is 11.2. The van der Waals surface area contributed by atoms with E-state index in [4.69, 9.17) is 10.5 Å². The molecule has 0 rings (SSSR count). The van der Waals surface area contributed by atoms with Gasteiger partial charge in [0, 0.05) is 12.8 Å². The number of carboxylic acids is 1.